The van der Waals surface area contributed by atoms with E-state index in [4.69, 9.17) is 0 Å². The van der Waals surface area contributed by atoms with Crippen LogP contribution < -0.4 is 10.6 Å². The van der Waals surface area contributed by atoms with Crippen molar-refractivity contribution in [2.24, 2.45) is 29.6 Å². The van der Waals surface area contributed by atoms with E-state index < -0.39 is 47.4 Å². The molecule has 2 aliphatic rings. The quantitative estimate of drug-likeness (QED) is 0.576. The number of carbonyl (C=O) groups is 4. The van der Waals surface area contributed by atoms with Crippen LogP contribution in [0.15, 0.2) is 0 Å². The highest BCUT2D eigenvalue weighted by atomic mass is 16.4. The molecule has 2 unspecified atom stereocenters. The third-order valence-electron chi connectivity index (χ3n) is 4.69. The van der Waals surface area contributed by atoms with Gasteiger partial charge in [-0.1, -0.05) is 34.6 Å². The summed E-state index contributed by atoms with van der Waals surface area (Å²) in [5.41, 5.74) is 0. The molecule has 2 amide bonds. The van der Waals surface area contributed by atoms with E-state index in [0.717, 1.165) is 12.8 Å². The van der Waals surface area contributed by atoms with E-state index >= 15 is 0 Å². The Kier molecular flexibility index (Phi) is 9.90. The van der Waals surface area contributed by atoms with Gasteiger partial charge < -0.3 is 20.8 Å². The van der Waals surface area contributed by atoms with Gasteiger partial charge in [-0.15, -0.1) is 0 Å². The molecule has 2 aliphatic carbocycles. The number of hydrogen-bond donors (Lipinski definition) is 4. The van der Waals surface area contributed by atoms with Crippen LogP contribution in [0.4, 0.5) is 0 Å². The van der Waals surface area contributed by atoms with Gasteiger partial charge in [-0.2, -0.15) is 0 Å². The second kappa shape index (κ2) is 10.8. The van der Waals surface area contributed by atoms with Crippen molar-refractivity contribution in [3.05, 3.63) is 0 Å². The molecule has 0 heterocycles. The van der Waals surface area contributed by atoms with Crippen LogP contribution in [0.3, 0.4) is 0 Å². The summed E-state index contributed by atoms with van der Waals surface area (Å²) >= 11 is 0. The van der Waals surface area contributed by atoms with Gasteiger partial charge in [0.25, 0.3) is 0 Å². The Morgan fingerprint density at radius 3 is 1.46 bits per heavy atom. The van der Waals surface area contributed by atoms with Crippen LogP contribution in [0, 0.1) is 29.6 Å². The largest absolute Gasteiger partial charge is 0.481 e. The Hall–Kier alpha value is -2.12. The zero-order valence-corrected chi connectivity index (χ0v) is 16.4. The van der Waals surface area contributed by atoms with Crippen molar-refractivity contribution < 1.29 is 29.4 Å². The van der Waals surface area contributed by atoms with E-state index in [2.05, 4.69) is 10.6 Å². The molecule has 0 radical (unpaired) electrons. The van der Waals surface area contributed by atoms with Crippen molar-refractivity contribution in [1.82, 2.24) is 10.6 Å². The molecule has 0 aliphatic heterocycles. The molecule has 2 fully saturated rings. The summed E-state index contributed by atoms with van der Waals surface area (Å²) in [5, 5.41) is 23.5. The van der Waals surface area contributed by atoms with Gasteiger partial charge in [0, 0.05) is 13.1 Å². The lowest BCUT2D eigenvalue weighted by Crippen LogP contribution is -2.64. The SMILES string of the molecule is CC.CC.CNC(=O)C1C(C(=O)O)C(C(=O)NC2CC(C)C2)C1C(=O)O. The molecule has 0 aromatic rings. The average Bonchev–Trinajstić information content (AvgIpc) is 2.55. The van der Waals surface area contributed by atoms with Crippen molar-refractivity contribution >= 4 is 23.8 Å². The first kappa shape index (κ1) is 23.9. The van der Waals surface area contributed by atoms with Crippen molar-refractivity contribution in [3.63, 3.8) is 0 Å². The third kappa shape index (κ3) is 4.95. The van der Waals surface area contributed by atoms with Crippen molar-refractivity contribution in [2.75, 3.05) is 7.05 Å². The van der Waals surface area contributed by atoms with Gasteiger partial charge in [0.15, 0.2) is 0 Å². The fourth-order valence-electron chi connectivity index (χ4n) is 3.50. The van der Waals surface area contributed by atoms with Gasteiger partial charge in [-0.3, -0.25) is 19.2 Å². The Morgan fingerprint density at radius 2 is 1.15 bits per heavy atom. The summed E-state index contributed by atoms with van der Waals surface area (Å²) in [5.74, 6) is -8.46. The first-order valence-corrected chi connectivity index (χ1v) is 9.25. The zero-order valence-electron chi connectivity index (χ0n) is 16.4. The number of amides is 2. The zero-order chi connectivity index (χ0) is 20.6. The lowest BCUT2D eigenvalue weighted by Gasteiger charge is -2.46. The summed E-state index contributed by atoms with van der Waals surface area (Å²) < 4.78 is 0. The van der Waals surface area contributed by atoms with E-state index in [1.165, 1.54) is 7.05 Å². The molecule has 0 spiro atoms. The summed E-state index contributed by atoms with van der Waals surface area (Å²) in [7, 11) is 1.31. The summed E-state index contributed by atoms with van der Waals surface area (Å²) in [6.45, 7) is 10.0. The number of rotatable bonds is 5. The van der Waals surface area contributed by atoms with Crippen molar-refractivity contribution in [1.29, 1.82) is 0 Å². The number of nitrogens with one attached hydrogen (secondary N) is 2. The van der Waals surface area contributed by atoms with Crippen LogP contribution in [-0.4, -0.2) is 47.1 Å². The molecule has 0 aromatic carbocycles. The Morgan fingerprint density at radius 1 is 0.769 bits per heavy atom. The van der Waals surface area contributed by atoms with Gasteiger partial charge in [0.05, 0.1) is 23.7 Å². The minimum absolute atomic E-state index is 0.0366. The maximum Gasteiger partial charge on any atom is 0.308 e. The number of hydrogen-bond acceptors (Lipinski definition) is 4. The molecule has 0 saturated heterocycles. The van der Waals surface area contributed by atoms with Gasteiger partial charge in [0.1, 0.15) is 0 Å². The molecule has 2 saturated carbocycles. The first-order valence-electron chi connectivity index (χ1n) is 9.25. The van der Waals surface area contributed by atoms with Crippen LogP contribution >= 0.6 is 0 Å². The highest BCUT2D eigenvalue weighted by Crippen LogP contribution is 2.47. The maximum absolute atomic E-state index is 12.3. The van der Waals surface area contributed by atoms with Crippen LogP contribution in [-0.2, 0) is 19.2 Å². The van der Waals surface area contributed by atoms with Gasteiger partial charge in [0.2, 0.25) is 11.8 Å². The highest BCUT2D eigenvalue weighted by molar-refractivity contribution is 5.99. The lowest BCUT2D eigenvalue weighted by molar-refractivity contribution is -0.181. The van der Waals surface area contributed by atoms with Gasteiger partial charge >= 0.3 is 11.9 Å². The second-order valence-corrected chi connectivity index (χ2v) is 6.18. The van der Waals surface area contributed by atoms with Gasteiger partial charge in [-0.25, -0.2) is 0 Å². The Labute approximate surface area is 154 Å². The average molecular weight is 372 g/mol. The minimum atomic E-state index is -1.33. The third-order valence-corrected chi connectivity index (χ3v) is 4.69. The standard InChI is InChI=1S/C14H20N2O6.2C2H6/c1-5-3-6(4-5)16-12(18)8-9(13(19)20)7(11(17)15-2)10(8)14(21)22;2*1-2/h5-10H,3-4H2,1-2H3,(H,15,17)(H,16,18)(H,19,20)(H,21,22);2*1-2H3. The van der Waals surface area contributed by atoms with Crippen molar-refractivity contribution in [2.45, 2.75) is 53.5 Å². The number of aliphatic carboxylic acids is 2. The molecule has 0 aromatic heterocycles. The fourth-order valence-corrected chi connectivity index (χ4v) is 3.50. The molecule has 2 rings (SSSR count). The minimum Gasteiger partial charge on any atom is -0.481 e. The highest BCUT2D eigenvalue weighted by Gasteiger charge is 2.63. The van der Waals surface area contributed by atoms with Gasteiger partial charge in [-0.05, 0) is 18.8 Å². The Balaban J connectivity index is 0.00000146. The molecule has 4 N–H and O–H groups in total. The fraction of sp³-hybridized carbons (Fsp3) is 0.778. The van der Waals surface area contributed by atoms with E-state index in [9.17, 15) is 29.4 Å². The van der Waals surface area contributed by atoms with E-state index in [1.54, 1.807) is 0 Å². The maximum atomic E-state index is 12.3. The molecule has 0 bridgehead atoms. The number of carboxylic acid groups (broad SMARTS) is 2. The molecule has 8 heteroatoms. The van der Waals surface area contributed by atoms with Crippen LogP contribution in [0.2, 0.25) is 0 Å². The molecular weight excluding hydrogens is 340 g/mol. The molecular formula is C18H32N2O6. The molecule has 26 heavy (non-hydrogen) atoms. The van der Waals surface area contributed by atoms with E-state index in [0.29, 0.717) is 5.92 Å². The summed E-state index contributed by atoms with van der Waals surface area (Å²) in [4.78, 5) is 46.7. The monoisotopic (exact) mass is 372 g/mol. The topological polar surface area (TPSA) is 133 Å². The molecule has 150 valence electrons. The first-order chi connectivity index (χ1) is 12.3. The predicted molar refractivity (Wildman–Crippen MR) is 96.3 cm³/mol. The normalized spacial score (nSPS) is 31.3. The van der Waals surface area contributed by atoms with E-state index in [1.807, 2.05) is 34.6 Å². The van der Waals surface area contributed by atoms with Crippen molar-refractivity contribution in [3.8, 4) is 0 Å². The number of carbonyl (C=O) groups excluding carboxylic acids is 2. The van der Waals surface area contributed by atoms with Crippen LogP contribution in [0.5, 0.6) is 0 Å². The molecule has 8 nitrogen and oxygen atoms in total. The Bertz CT molecular complexity index is 494. The summed E-state index contributed by atoms with van der Waals surface area (Å²) in [6, 6.07) is -0.0366. The van der Waals surface area contributed by atoms with E-state index in [-0.39, 0.29) is 6.04 Å². The van der Waals surface area contributed by atoms with Crippen LogP contribution in [0.1, 0.15) is 47.5 Å². The lowest BCUT2D eigenvalue weighted by atomic mass is 9.55. The van der Waals surface area contributed by atoms with Crippen LogP contribution in [0.25, 0.3) is 0 Å². The summed E-state index contributed by atoms with van der Waals surface area (Å²) in [6.07, 6.45) is 1.60. The second-order valence-electron chi connectivity index (χ2n) is 6.18. The number of carboxylic acids is 2. The molecule has 2 atom stereocenters. The predicted octanol–water partition coefficient (Wildman–Crippen LogP) is 1.35. The smallest absolute Gasteiger partial charge is 0.308 e.